The molecule has 1 aliphatic heterocycles. The van der Waals surface area contributed by atoms with E-state index < -0.39 is 0 Å². The van der Waals surface area contributed by atoms with Crippen LogP contribution in [0.4, 0.5) is 5.82 Å². The maximum Gasteiger partial charge on any atom is 0.223 e. The van der Waals surface area contributed by atoms with Crippen molar-refractivity contribution in [2.45, 2.75) is 19.8 Å². The summed E-state index contributed by atoms with van der Waals surface area (Å²) in [6.07, 6.45) is 2.65. The summed E-state index contributed by atoms with van der Waals surface area (Å²) in [7, 11) is 1.60. The third-order valence-electron chi connectivity index (χ3n) is 6.28. The van der Waals surface area contributed by atoms with Gasteiger partial charge in [-0.1, -0.05) is 35.9 Å². The number of rotatable bonds is 6. The molecule has 1 aliphatic rings. The van der Waals surface area contributed by atoms with Crippen molar-refractivity contribution in [3.05, 3.63) is 66.1 Å². The predicted molar refractivity (Wildman–Crippen MR) is 132 cm³/mol. The fourth-order valence-electron chi connectivity index (χ4n) is 4.34. The van der Waals surface area contributed by atoms with Crippen molar-refractivity contribution in [1.29, 1.82) is 0 Å². The number of amides is 1. The number of piperazine rings is 1. The number of benzene rings is 1. The Morgan fingerprint density at radius 3 is 2.62 bits per heavy atom. The van der Waals surface area contributed by atoms with Gasteiger partial charge in [0.2, 0.25) is 11.8 Å². The zero-order valence-corrected chi connectivity index (χ0v) is 19.5. The second-order valence-corrected chi connectivity index (χ2v) is 8.55. The fourth-order valence-corrected chi connectivity index (χ4v) is 4.34. The molecule has 0 aliphatic carbocycles. The minimum Gasteiger partial charge on any atom is -0.481 e. The summed E-state index contributed by atoms with van der Waals surface area (Å²) in [5.41, 5.74) is 5.07. The van der Waals surface area contributed by atoms with E-state index in [1.165, 1.54) is 5.56 Å². The third-order valence-corrected chi connectivity index (χ3v) is 6.28. The molecule has 1 amide bonds. The van der Waals surface area contributed by atoms with Crippen molar-refractivity contribution in [2.75, 3.05) is 38.2 Å². The SMILES string of the molecule is COc1cccc(CCC(=O)N2CCN(c3ncnc4[nH]c(-c5ccc(C)cc5)cc34)CC2)n1. The smallest absolute Gasteiger partial charge is 0.223 e. The third kappa shape index (κ3) is 4.57. The van der Waals surface area contributed by atoms with Crippen molar-refractivity contribution < 1.29 is 9.53 Å². The largest absolute Gasteiger partial charge is 0.481 e. The van der Waals surface area contributed by atoms with Gasteiger partial charge < -0.3 is 19.5 Å². The Bertz CT molecular complexity index is 1290. The van der Waals surface area contributed by atoms with Crippen molar-refractivity contribution >= 4 is 22.8 Å². The second-order valence-electron chi connectivity index (χ2n) is 8.55. The quantitative estimate of drug-likeness (QED) is 0.477. The molecular formula is C26H28N6O2. The number of pyridine rings is 1. The number of carbonyl (C=O) groups excluding carboxylic acids is 1. The van der Waals surface area contributed by atoms with Crippen LogP contribution >= 0.6 is 0 Å². The average molecular weight is 457 g/mol. The summed E-state index contributed by atoms with van der Waals surface area (Å²) in [6, 6.07) is 16.2. The molecule has 5 rings (SSSR count). The maximum absolute atomic E-state index is 12.8. The van der Waals surface area contributed by atoms with Crippen LogP contribution in [0.2, 0.25) is 0 Å². The van der Waals surface area contributed by atoms with Gasteiger partial charge in [0.25, 0.3) is 0 Å². The van der Waals surface area contributed by atoms with Crippen molar-refractivity contribution in [3.63, 3.8) is 0 Å². The molecule has 0 bridgehead atoms. The molecule has 1 N–H and O–H groups in total. The van der Waals surface area contributed by atoms with Crippen LogP contribution in [0.3, 0.4) is 0 Å². The minimum atomic E-state index is 0.153. The van der Waals surface area contributed by atoms with Gasteiger partial charge >= 0.3 is 0 Å². The molecule has 1 fully saturated rings. The number of ether oxygens (including phenoxy) is 1. The number of H-pyrrole nitrogens is 1. The monoisotopic (exact) mass is 456 g/mol. The molecule has 0 unspecified atom stereocenters. The molecule has 8 heteroatoms. The van der Waals surface area contributed by atoms with E-state index in [1.807, 2.05) is 23.1 Å². The number of hydrogen-bond donors (Lipinski definition) is 1. The van der Waals surface area contributed by atoms with Gasteiger partial charge in [-0.15, -0.1) is 0 Å². The summed E-state index contributed by atoms with van der Waals surface area (Å²) in [5, 5.41) is 1.00. The number of aryl methyl sites for hydroxylation is 2. The first-order valence-corrected chi connectivity index (χ1v) is 11.5. The molecule has 4 heterocycles. The van der Waals surface area contributed by atoms with Gasteiger partial charge in [-0.25, -0.2) is 15.0 Å². The Morgan fingerprint density at radius 2 is 1.85 bits per heavy atom. The number of methoxy groups -OCH3 is 1. The highest BCUT2D eigenvalue weighted by Gasteiger charge is 2.23. The highest BCUT2D eigenvalue weighted by Crippen LogP contribution is 2.29. The molecule has 174 valence electrons. The highest BCUT2D eigenvalue weighted by atomic mass is 16.5. The summed E-state index contributed by atoms with van der Waals surface area (Å²) in [5.74, 6) is 1.64. The van der Waals surface area contributed by atoms with Gasteiger partial charge in [0.1, 0.15) is 17.8 Å². The molecule has 0 radical (unpaired) electrons. The van der Waals surface area contributed by atoms with E-state index in [0.717, 1.165) is 46.9 Å². The average Bonchev–Trinajstić information content (AvgIpc) is 3.32. The lowest BCUT2D eigenvalue weighted by atomic mass is 10.1. The van der Waals surface area contributed by atoms with E-state index in [0.29, 0.717) is 31.8 Å². The first-order chi connectivity index (χ1) is 16.6. The molecule has 1 saturated heterocycles. The Hall–Kier alpha value is -3.94. The lowest BCUT2D eigenvalue weighted by Crippen LogP contribution is -2.49. The van der Waals surface area contributed by atoms with Crippen LogP contribution in [0.1, 0.15) is 17.7 Å². The molecule has 0 saturated carbocycles. The van der Waals surface area contributed by atoms with Gasteiger partial charge in [0.05, 0.1) is 12.5 Å². The Labute approximate surface area is 198 Å². The van der Waals surface area contributed by atoms with Crippen LogP contribution in [-0.2, 0) is 11.2 Å². The van der Waals surface area contributed by atoms with E-state index >= 15 is 0 Å². The van der Waals surface area contributed by atoms with Gasteiger partial charge in [-0.2, -0.15) is 0 Å². The normalized spacial score (nSPS) is 13.9. The Morgan fingerprint density at radius 1 is 1.06 bits per heavy atom. The summed E-state index contributed by atoms with van der Waals surface area (Å²) in [4.78, 5) is 33.8. The van der Waals surface area contributed by atoms with Crippen molar-refractivity contribution in [2.24, 2.45) is 0 Å². The van der Waals surface area contributed by atoms with Crippen LogP contribution < -0.4 is 9.64 Å². The first-order valence-electron chi connectivity index (χ1n) is 11.5. The molecule has 1 aromatic carbocycles. The van der Waals surface area contributed by atoms with Gasteiger partial charge in [-0.3, -0.25) is 4.79 Å². The number of carbonyl (C=O) groups is 1. The standard InChI is InChI=1S/C26H28N6O2/c1-18-6-8-19(9-7-18)22-16-21-25(30-22)27-17-28-26(21)32-14-12-31(13-15-32)24(33)11-10-20-4-3-5-23(29-20)34-2/h3-9,16-17H,10-15H2,1-2H3,(H,27,28,30). The molecule has 3 aromatic heterocycles. The van der Waals surface area contributed by atoms with Crippen molar-refractivity contribution in [3.8, 4) is 17.1 Å². The lowest BCUT2D eigenvalue weighted by molar-refractivity contribution is -0.131. The number of nitrogens with zero attached hydrogens (tertiary/aromatic N) is 5. The lowest BCUT2D eigenvalue weighted by Gasteiger charge is -2.35. The molecule has 0 atom stereocenters. The van der Waals surface area contributed by atoms with Gasteiger partial charge in [0.15, 0.2) is 0 Å². The van der Waals surface area contributed by atoms with Gasteiger partial charge in [-0.05, 0) is 31.0 Å². The van der Waals surface area contributed by atoms with E-state index in [1.54, 1.807) is 13.4 Å². The number of aromatic nitrogens is 4. The zero-order chi connectivity index (χ0) is 23.5. The number of fused-ring (bicyclic) bond motifs is 1. The summed E-state index contributed by atoms with van der Waals surface area (Å²) >= 11 is 0. The fraction of sp³-hybridized carbons (Fsp3) is 0.308. The second kappa shape index (κ2) is 9.51. The number of aromatic amines is 1. The first kappa shape index (κ1) is 21.9. The maximum atomic E-state index is 12.8. The van der Waals surface area contributed by atoms with E-state index in [9.17, 15) is 4.79 Å². The molecule has 34 heavy (non-hydrogen) atoms. The van der Waals surface area contributed by atoms with Gasteiger partial charge in [0, 0.05) is 50.1 Å². The number of anilines is 1. The van der Waals surface area contributed by atoms with Crippen molar-refractivity contribution in [1.82, 2.24) is 24.8 Å². The topological polar surface area (TPSA) is 87.2 Å². The Balaban J connectivity index is 1.24. The summed E-state index contributed by atoms with van der Waals surface area (Å²) in [6.45, 7) is 4.90. The predicted octanol–water partition coefficient (Wildman–Crippen LogP) is 3.62. The summed E-state index contributed by atoms with van der Waals surface area (Å²) < 4.78 is 5.17. The van der Waals surface area contributed by atoms with Crippen LogP contribution in [0.15, 0.2) is 54.9 Å². The zero-order valence-electron chi connectivity index (χ0n) is 19.5. The molecule has 8 nitrogen and oxygen atoms in total. The van der Waals surface area contributed by atoms with Crippen LogP contribution in [0.5, 0.6) is 5.88 Å². The molecule has 4 aromatic rings. The van der Waals surface area contributed by atoms with Crippen LogP contribution in [0, 0.1) is 6.92 Å². The van der Waals surface area contributed by atoms with Crippen LogP contribution in [0.25, 0.3) is 22.3 Å². The minimum absolute atomic E-state index is 0.153. The van der Waals surface area contributed by atoms with E-state index in [2.05, 4.69) is 62.1 Å². The highest BCUT2D eigenvalue weighted by molar-refractivity contribution is 5.92. The van der Waals surface area contributed by atoms with Crippen LogP contribution in [-0.4, -0.2) is 64.0 Å². The molecular weight excluding hydrogens is 428 g/mol. The van der Waals surface area contributed by atoms with E-state index in [4.69, 9.17) is 4.74 Å². The molecule has 0 spiro atoms. The number of hydrogen-bond acceptors (Lipinski definition) is 6. The Kier molecular flexibility index (Phi) is 6.12. The van der Waals surface area contributed by atoms with E-state index in [-0.39, 0.29) is 5.91 Å². The number of nitrogens with one attached hydrogen (secondary N) is 1.